The normalized spacial score (nSPS) is 10.1. The highest BCUT2D eigenvalue weighted by atomic mass is 32.1. The van der Waals surface area contributed by atoms with Crippen LogP contribution in [0.25, 0.3) is 0 Å². The van der Waals surface area contributed by atoms with E-state index in [2.05, 4.69) is 34.4 Å². The Morgan fingerprint density at radius 2 is 2.24 bits per heavy atom. The average Bonchev–Trinajstić information content (AvgIpc) is 2.89. The van der Waals surface area contributed by atoms with Crippen LogP contribution in [0.15, 0.2) is 18.5 Å². The number of aromatic nitrogens is 2. The van der Waals surface area contributed by atoms with Gasteiger partial charge in [0.25, 0.3) is 0 Å². The minimum atomic E-state index is -0.0902. The van der Waals surface area contributed by atoms with Crippen molar-refractivity contribution in [2.45, 2.75) is 20.4 Å². The molecular weight excluding hydrogens is 232 g/mol. The molecule has 0 amide bonds. The van der Waals surface area contributed by atoms with Gasteiger partial charge in [-0.15, -0.1) is 11.3 Å². The molecule has 0 saturated carbocycles. The lowest BCUT2D eigenvalue weighted by Gasteiger charge is -2.02. The lowest BCUT2D eigenvalue weighted by Crippen LogP contribution is -1.98. The van der Waals surface area contributed by atoms with Crippen molar-refractivity contribution in [3.63, 3.8) is 0 Å². The fourth-order valence-electron chi connectivity index (χ4n) is 1.53. The molecule has 0 bridgehead atoms. The average molecular weight is 246 g/mol. The van der Waals surface area contributed by atoms with Crippen LogP contribution in [0, 0.1) is 25.7 Å². The van der Waals surface area contributed by atoms with Gasteiger partial charge < -0.3 is 9.67 Å². The number of aliphatic hydroxyl groups excluding tert-OH is 1. The van der Waals surface area contributed by atoms with Crippen molar-refractivity contribution in [1.82, 2.24) is 9.55 Å². The summed E-state index contributed by atoms with van der Waals surface area (Å²) in [7, 11) is 0. The maximum Gasteiger partial charge on any atom is 0.104 e. The first-order valence-electron chi connectivity index (χ1n) is 5.37. The Morgan fingerprint density at radius 3 is 2.88 bits per heavy atom. The number of thiophene rings is 1. The zero-order valence-electron chi connectivity index (χ0n) is 9.90. The monoisotopic (exact) mass is 246 g/mol. The van der Waals surface area contributed by atoms with Crippen LogP contribution in [0.4, 0.5) is 0 Å². The Labute approximate surface area is 105 Å². The molecule has 4 heteroatoms. The summed E-state index contributed by atoms with van der Waals surface area (Å²) in [5.74, 6) is 5.57. The van der Waals surface area contributed by atoms with E-state index in [-0.39, 0.29) is 6.61 Å². The zero-order valence-corrected chi connectivity index (χ0v) is 10.7. The molecular formula is C13H14N2OS. The second kappa shape index (κ2) is 5.17. The number of aliphatic hydroxyl groups is 1. The van der Waals surface area contributed by atoms with E-state index in [1.807, 2.05) is 19.3 Å². The number of nitrogens with zero attached hydrogens (tertiary/aromatic N) is 2. The molecule has 0 fully saturated rings. The van der Waals surface area contributed by atoms with E-state index in [0.29, 0.717) is 0 Å². The molecule has 0 radical (unpaired) electrons. The maximum atomic E-state index is 8.63. The van der Waals surface area contributed by atoms with Gasteiger partial charge >= 0.3 is 0 Å². The minimum absolute atomic E-state index is 0.0902. The molecule has 0 aliphatic heterocycles. The summed E-state index contributed by atoms with van der Waals surface area (Å²) in [5, 5.41) is 8.63. The van der Waals surface area contributed by atoms with Crippen LogP contribution < -0.4 is 0 Å². The maximum absolute atomic E-state index is 8.63. The zero-order chi connectivity index (χ0) is 12.3. The molecule has 17 heavy (non-hydrogen) atoms. The van der Waals surface area contributed by atoms with Crippen molar-refractivity contribution in [1.29, 1.82) is 0 Å². The van der Waals surface area contributed by atoms with E-state index in [1.54, 1.807) is 11.3 Å². The predicted octanol–water partition coefficient (Wildman–Crippen LogP) is 1.95. The standard InChI is InChI=1S/C13H14N2OS/c1-10-11(2)15(9-14-10)8-13-6-5-12(17-13)4-3-7-16/h5-6,9,16H,7-8H2,1-2H3. The van der Waals surface area contributed by atoms with Gasteiger partial charge in [0.05, 0.1) is 23.4 Å². The van der Waals surface area contributed by atoms with E-state index in [9.17, 15) is 0 Å². The Bertz CT molecular complexity index is 572. The van der Waals surface area contributed by atoms with E-state index < -0.39 is 0 Å². The van der Waals surface area contributed by atoms with Crippen molar-refractivity contribution >= 4 is 11.3 Å². The number of rotatable bonds is 2. The van der Waals surface area contributed by atoms with Crippen LogP contribution in [0.5, 0.6) is 0 Å². The van der Waals surface area contributed by atoms with Crippen LogP contribution in [0.1, 0.15) is 21.1 Å². The molecule has 3 nitrogen and oxygen atoms in total. The molecule has 88 valence electrons. The molecule has 0 aliphatic rings. The molecule has 0 aromatic carbocycles. The van der Waals surface area contributed by atoms with Crippen LogP contribution in [-0.4, -0.2) is 21.3 Å². The van der Waals surface area contributed by atoms with E-state index >= 15 is 0 Å². The van der Waals surface area contributed by atoms with Gasteiger partial charge in [0, 0.05) is 10.6 Å². The first kappa shape index (κ1) is 11.9. The van der Waals surface area contributed by atoms with Crippen molar-refractivity contribution in [3.8, 4) is 11.8 Å². The lowest BCUT2D eigenvalue weighted by molar-refractivity contribution is 0.350. The molecule has 0 spiro atoms. The molecule has 0 saturated heterocycles. The molecule has 2 rings (SSSR count). The van der Waals surface area contributed by atoms with Gasteiger partial charge in [0.15, 0.2) is 0 Å². The molecule has 0 unspecified atom stereocenters. The van der Waals surface area contributed by atoms with Gasteiger partial charge in [-0.3, -0.25) is 0 Å². The van der Waals surface area contributed by atoms with Gasteiger partial charge in [0.1, 0.15) is 6.61 Å². The lowest BCUT2D eigenvalue weighted by atomic mass is 10.3. The quantitative estimate of drug-likeness (QED) is 0.823. The fourth-order valence-corrected chi connectivity index (χ4v) is 2.41. The van der Waals surface area contributed by atoms with Gasteiger partial charge in [-0.25, -0.2) is 4.98 Å². The van der Waals surface area contributed by atoms with Crippen molar-refractivity contribution < 1.29 is 5.11 Å². The summed E-state index contributed by atoms with van der Waals surface area (Å²) in [6.45, 7) is 4.83. The molecule has 1 N–H and O–H groups in total. The van der Waals surface area contributed by atoms with Gasteiger partial charge in [-0.2, -0.15) is 0 Å². The van der Waals surface area contributed by atoms with Crippen molar-refractivity contribution in [2.75, 3.05) is 6.61 Å². The van der Waals surface area contributed by atoms with Crippen LogP contribution in [0.3, 0.4) is 0 Å². The molecule has 2 heterocycles. The largest absolute Gasteiger partial charge is 0.384 e. The summed E-state index contributed by atoms with van der Waals surface area (Å²) < 4.78 is 2.13. The molecule has 0 aliphatic carbocycles. The summed E-state index contributed by atoms with van der Waals surface area (Å²) >= 11 is 1.65. The highest BCUT2D eigenvalue weighted by Crippen LogP contribution is 2.18. The highest BCUT2D eigenvalue weighted by Gasteiger charge is 2.04. The number of aryl methyl sites for hydroxylation is 1. The Hall–Kier alpha value is -1.57. The summed E-state index contributed by atoms with van der Waals surface area (Å²) in [5.41, 5.74) is 2.27. The van der Waals surface area contributed by atoms with E-state index in [4.69, 9.17) is 5.11 Å². The van der Waals surface area contributed by atoms with Crippen molar-refractivity contribution in [3.05, 3.63) is 39.6 Å². The Morgan fingerprint density at radius 1 is 1.41 bits per heavy atom. The topological polar surface area (TPSA) is 38.0 Å². The number of hydrogen-bond donors (Lipinski definition) is 1. The second-order valence-corrected chi connectivity index (χ2v) is 4.94. The third-order valence-corrected chi connectivity index (χ3v) is 3.61. The fraction of sp³-hybridized carbons (Fsp3) is 0.308. The van der Waals surface area contributed by atoms with Crippen LogP contribution in [-0.2, 0) is 6.54 Å². The van der Waals surface area contributed by atoms with Crippen LogP contribution in [0.2, 0.25) is 0 Å². The second-order valence-electron chi connectivity index (χ2n) is 3.77. The first-order chi connectivity index (χ1) is 8.20. The van der Waals surface area contributed by atoms with E-state index in [1.165, 1.54) is 10.6 Å². The Balaban J connectivity index is 2.14. The van der Waals surface area contributed by atoms with Gasteiger partial charge in [-0.05, 0) is 26.0 Å². The molecule has 2 aromatic rings. The van der Waals surface area contributed by atoms with E-state index in [0.717, 1.165) is 17.1 Å². The van der Waals surface area contributed by atoms with Gasteiger partial charge in [-0.1, -0.05) is 11.8 Å². The summed E-state index contributed by atoms with van der Waals surface area (Å²) in [6, 6.07) is 4.06. The highest BCUT2D eigenvalue weighted by molar-refractivity contribution is 7.12. The Kier molecular flexibility index (Phi) is 3.62. The van der Waals surface area contributed by atoms with Crippen LogP contribution >= 0.6 is 11.3 Å². The smallest absolute Gasteiger partial charge is 0.104 e. The predicted molar refractivity (Wildman–Crippen MR) is 69.1 cm³/mol. The SMILES string of the molecule is Cc1ncn(Cc2ccc(C#CCO)s2)c1C. The molecule has 2 aromatic heterocycles. The minimum Gasteiger partial charge on any atom is -0.384 e. The third-order valence-electron chi connectivity index (χ3n) is 2.62. The summed E-state index contributed by atoms with van der Waals surface area (Å²) in [6.07, 6.45) is 1.86. The van der Waals surface area contributed by atoms with Gasteiger partial charge in [0.2, 0.25) is 0 Å². The number of imidazole rings is 1. The third kappa shape index (κ3) is 2.76. The molecule has 0 atom stereocenters. The van der Waals surface area contributed by atoms with Crippen molar-refractivity contribution in [2.24, 2.45) is 0 Å². The summed E-state index contributed by atoms with van der Waals surface area (Å²) in [4.78, 5) is 6.51. The number of hydrogen-bond acceptors (Lipinski definition) is 3. The first-order valence-corrected chi connectivity index (χ1v) is 6.19.